The average molecular weight is 165 g/mol. The maximum absolute atomic E-state index is 7.92. The summed E-state index contributed by atoms with van der Waals surface area (Å²) in [5.41, 5.74) is 2.55. The van der Waals surface area contributed by atoms with Crippen LogP contribution in [0.1, 0.15) is 41.6 Å². The molecule has 0 saturated heterocycles. The molecule has 0 aliphatic carbocycles. The van der Waals surface area contributed by atoms with Crippen LogP contribution in [0.2, 0.25) is 0 Å². The lowest BCUT2D eigenvalue weighted by molar-refractivity contribution is 0.585. The largest absolute Gasteiger partial charge is 0.0626 e. The van der Waals surface area contributed by atoms with Gasteiger partial charge in [0, 0.05) is 0 Å². The van der Waals surface area contributed by atoms with Gasteiger partial charge in [-0.15, -0.1) is 0 Å². The van der Waals surface area contributed by atoms with Crippen LogP contribution in [-0.4, -0.2) is 0 Å². The fourth-order valence-corrected chi connectivity index (χ4v) is 1.31. The van der Waals surface area contributed by atoms with Crippen LogP contribution in [0.3, 0.4) is 0 Å². The molecule has 1 aromatic rings. The summed E-state index contributed by atoms with van der Waals surface area (Å²) in [7, 11) is 0. The van der Waals surface area contributed by atoms with Crippen LogP contribution in [0.5, 0.6) is 0 Å². The molecule has 0 amide bonds. The minimum absolute atomic E-state index is 0.0445. The molecule has 0 saturated carbocycles. The number of hydrogen-bond donors (Lipinski definition) is 0. The highest BCUT2D eigenvalue weighted by Crippen LogP contribution is 2.26. The van der Waals surface area contributed by atoms with E-state index in [-0.39, 0.29) is 23.5 Å². The molecule has 0 heteroatoms. The first-order valence-corrected chi connectivity index (χ1v) is 4.25. The highest BCUT2D eigenvalue weighted by molar-refractivity contribution is 5.37. The van der Waals surface area contributed by atoms with E-state index in [2.05, 4.69) is 0 Å². The van der Waals surface area contributed by atoms with E-state index in [0.29, 0.717) is 0 Å². The Labute approximate surface area is 79.8 Å². The first-order valence-electron chi connectivity index (χ1n) is 5.75. The van der Waals surface area contributed by atoms with Gasteiger partial charge in [0.25, 0.3) is 0 Å². The van der Waals surface area contributed by atoms with Crippen molar-refractivity contribution in [2.45, 2.75) is 40.0 Å². The van der Waals surface area contributed by atoms with Gasteiger partial charge in [-0.25, -0.2) is 0 Å². The van der Waals surface area contributed by atoms with Crippen LogP contribution in [0, 0.1) is 13.8 Å². The molecule has 0 radical (unpaired) electrons. The molecule has 12 heavy (non-hydrogen) atoms. The molecule has 66 valence electrons. The normalized spacial score (nSPS) is 15.2. The highest BCUT2D eigenvalue weighted by atomic mass is 14.2. The van der Waals surface area contributed by atoms with Gasteiger partial charge in [-0.2, -0.15) is 0 Å². The van der Waals surface area contributed by atoms with Gasteiger partial charge in [0.15, 0.2) is 0 Å². The lowest BCUT2D eigenvalue weighted by Gasteiger charge is -2.22. The van der Waals surface area contributed by atoms with E-state index in [0.717, 1.165) is 16.7 Å². The van der Waals surface area contributed by atoms with E-state index in [1.807, 2.05) is 34.6 Å². The third-order valence-electron chi connectivity index (χ3n) is 2.12. The van der Waals surface area contributed by atoms with Crippen molar-refractivity contribution < 1.29 is 4.11 Å². The van der Waals surface area contributed by atoms with E-state index < -0.39 is 0 Å². The molecule has 0 aliphatic heterocycles. The summed E-state index contributed by atoms with van der Waals surface area (Å²) in [5.74, 6) is 0. The van der Waals surface area contributed by atoms with Crippen molar-refractivity contribution in [1.82, 2.24) is 0 Å². The number of hydrogen-bond acceptors (Lipinski definition) is 0. The van der Waals surface area contributed by atoms with Crippen LogP contribution in [-0.2, 0) is 5.41 Å². The van der Waals surface area contributed by atoms with Crippen molar-refractivity contribution in [3.05, 3.63) is 34.8 Å². The van der Waals surface area contributed by atoms with Gasteiger partial charge in [-0.3, -0.25) is 0 Å². The summed E-state index contributed by atoms with van der Waals surface area (Å²) >= 11 is 0. The van der Waals surface area contributed by atoms with Crippen LogP contribution < -0.4 is 0 Å². The zero-order chi connectivity index (χ0) is 12.0. The Morgan fingerprint density at radius 1 is 1.17 bits per heavy atom. The van der Waals surface area contributed by atoms with Crippen molar-refractivity contribution in [3.63, 3.8) is 0 Å². The summed E-state index contributed by atoms with van der Waals surface area (Å²) < 4.78 is 23.4. The van der Waals surface area contributed by atoms with E-state index in [9.17, 15) is 0 Å². The van der Waals surface area contributed by atoms with E-state index >= 15 is 0 Å². The standard InChI is InChI=1S/C12H18/c1-9-7-6-8-11(10(9)2)12(3,4)5/h6-8H,1-5H3/i6D,7D,8D. The smallest absolute Gasteiger partial charge is 0.0617 e. The molecule has 0 N–H and O–H groups in total. The lowest BCUT2D eigenvalue weighted by Crippen LogP contribution is -2.13. The Balaban J connectivity index is 3.68. The van der Waals surface area contributed by atoms with Crippen molar-refractivity contribution >= 4 is 0 Å². The van der Waals surface area contributed by atoms with Crippen LogP contribution >= 0.6 is 0 Å². The zero-order valence-electron chi connectivity index (χ0n) is 11.5. The SMILES string of the molecule is [2H]c1c([2H])c(C)c(C)c(C(C)(C)C)c1[2H]. The Hall–Kier alpha value is -0.780. The predicted molar refractivity (Wildman–Crippen MR) is 54.6 cm³/mol. The fraction of sp³-hybridized carbons (Fsp3) is 0.500. The lowest BCUT2D eigenvalue weighted by atomic mass is 9.83. The van der Waals surface area contributed by atoms with Crippen LogP contribution in [0.4, 0.5) is 0 Å². The zero-order valence-corrected chi connectivity index (χ0v) is 8.50. The summed E-state index contributed by atoms with van der Waals surface area (Å²) in [5, 5.41) is 0. The average Bonchev–Trinajstić information content (AvgIpc) is 2.09. The van der Waals surface area contributed by atoms with Gasteiger partial charge in [0.05, 0.1) is 4.11 Å². The Morgan fingerprint density at radius 2 is 1.75 bits per heavy atom. The van der Waals surface area contributed by atoms with Gasteiger partial charge in [0.1, 0.15) is 0 Å². The second-order valence-corrected chi connectivity index (χ2v) is 4.25. The molecular formula is C12H18. The number of benzene rings is 1. The van der Waals surface area contributed by atoms with Crippen LogP contribution in [0.25, 0.3) is 0 Å². The molecule has 0 heterocycles. The van der Waals surface area contributed by atoms with Crippen molar-refractivity contribution in [3.8, 4) is 0 Å². The molecule has 0 atom stereocenters. The van der Waals surface area contributed by atoms with Gasteiger partial charge in [-0.05, 0) is 36.0 Å². The van der Waals surface area contributed by atoms with Gasteiger partial charge < -0.3 is 0 Å². The third kappa shape index (κ3) is 1.69. The summed E-state index contributed by atoms with van der Waals surface area (Å²) in [6.45, 7) is 9.90. The Bertz CT molecular complexity index is 371. The molecule has 0 spiro atoms. The topological polar surface area (TPSA) is 0 Å². The van der Waals surface area contributed by atoms with Gasteiger partial charge in [-0.1, -0.05) is 38.9 Å². The summed E-state index contributed by atoms with van der Waals surface area (Å²) in [6.07, 6.45) is 0. The minimum Gasteiger partial charge on any atom is -0.0617 e. The molecule has 1 aromatic carbocycles. The first kappa shape index (κ1) is 5.80. The maximum Gasteiger partial charge on any atom is 0.0626 e. The van der Waals surface area contributed by atoms with Crippen molar-refractivity contribution in [2.24, 2.45) is 0 Å². The van der Waals surface area contributed by atoms with Crippen molar-refractivity contribution in [2.75, 3.05) is 0 Å². The highest BCUT2D eigenvalue weighted by Gasteiger charge is 2.15. The molecule has 0 unspecified atom stereocenters. The first-order chi connectivity index (χ1) is 6.68. The van der Waals surface area contributed by atoms with Gasteiger partial charge >= 0.3 is 0 Å². The predicted octanol–water partition coefficient (Wildman–Crippen LogP) is 3.60. The van der Waals surface area contributed by atoms with Crippen molar-refractivity contribution in [1.29, 1.82) is 0 Å². The van der Waals surface area contributed by atoms with E-state index in [1.54, 1.807) is 0 Å². The Morgan fingerprint density at radius 3 is 2.25 bits per heavy atom. The minimum atomic E-state index is -0.143. The van der Waals surface area contributed by atoms with E-state index in [4.69, 9.17) is 4.11 Å². The number of rotatable bonds is 0. The Kier molecular flexibility index (Phi) is 1.42. The molecule has 0 fully saturated rings. The van der Waals surface area contributed by atoms with Gasteiger partial charge in [0.2, 0.25) is 0 Å². The fourth-order valence-electron chi connectivity index (χ4n) is 1.31. The second kappa shape index (κ2) is 2.93. The molecule has 0 nitrogen and oxygen atoms in total. The molecule has 0 aliphatic rings. The third-order valence-corrected chi connectivity index (χ3v) is 2.12. The monoisotopic (exact) mass is 165 g/mol. The maximum atomic E-state index is 7.92. The molecule has 1 rings (SSSR count). The molecule has 0 bridgehead atoms. The van der Waals surface area contributed by atoms with E-state index in [1.165, 1.54) is 0 Å². The van der Waals surface area contributed by atoms with Crippen LogP contribution in [0.15, 0.2) is 18.1 Å². The summed E-state index contributed by atoms with van der Waals surface area (Å²) in [6, 6.07) is 0.434. The molecular weight excluding hydrogens is 144 g/mol. The molecule has 0 aromatic heterocycles. The second-order valence-electron chi connectivity index (χ2n) is 4.25. The summed E-state index contributed by atoms with van der Waals surface area (Å²) in [4.78, 5) is 0. The quantitative estimate of drug-likeness (QED) is 0.551.